The van der Waals surface area contributed by atoms with Crippen LogP contribution in [0, 0.1) is 6.92 Å². The Hall–Kier alpha value is -3.60. The molecular formula is C31H32O4. The number of rotatable bonds is 8. The molecule has 4 aromatic carbocycles. The smallest absolute Gasteiger partial charge is 0.132 e. The Bertz CT molecular complexity index is 1260. The standard InChI is InChI=1S/C31H32O4/c1-21-5-7-22(8-6-21)30(33)23-9-14-28(15-10-23)35-29-18-13-26(19-24(29)20-32)31(2,3)25-11-16-27(34-4)17-12-25/h5-19,30,32-33H,20H2,1-4H3. The van der Waals surface area contributed by atoms with Gasteiger partial charge in [-0.25, -0.2) is 0 Å². The highest BCUT2D eigenvalue weighted by atomic mass is 16.5. The number of hydrogen-bond donors (Lipinski definition) is 2. The quantitative estimate of drug-likeness (QED) is 0.302. The van der Waals surface area contributed by atoms with Crippen LogP contribution in [0.4, 0.5) is 0 Å². The summed E-state index contributed by atoms with van der Waals surface area (Å²) in [7, 11) is 1.66. The summed E-state index contributed by atoms with van der Waals surface area (Å²) < 4.78 is 11.4. The van der Waals surface area contributed by atoms with Crippen LogP contribution in [-0.4, -0.2) is 17.3 Å². The monoisotopic (exact) mass is 468 g/mol. The van der Waals surface area contributed by atoms with E-state index in [1.165, 1.54) is 0 Å². The van der Waals surface area contributed by atoms with Crippen molar-refractivity contribution in [3.05, 3.63) is 124 Å². The predicted octanol–water partition coefficient (Wildman–Crippen LogP) is 6.70. The normalized spacial score (nSPS) is 12.3. The summed E-state index contributed by atoms with van der Waals surface area (Å²) in [5.41, 5.74) is 5.48. The Balaban J connectivity index is 1.53. The third-order valence-corrected chi connectivity index (χ3v) is 6.58. The molecule has 0 saturated carbocycles. The Morgan fingerprint density at radius 2 is 1.29 bits per heavy atom. The first kappa shape index (κ1) is 24.5. The molecule has 4 rings (SSSR count). The first-order valence-electron chi connectivity index (χ1n) is 11.7. The van der Waals surface area contributed by atoms with E-state index in [4.69, 9.17) is 9.47 Å². The van der Waals surface area contributed by atoms with Crippen molar-refractivity contribution >= 4 is 0 Å². The highest BCUT2D eigenvalue weighted by Gasteiger charge is 2.24. The maximum atomic E-state index is 10.7. The molecule has 0 amide bonds. The molecule has 0 spiro atoms. The van der Waals surface area contributed by atoms with E-state index in [1.54, 1.807) is 7.11 Å². The molecule has 0 radical (unpaired) electrons. The van der Waals surface area contributed by atoms with Crippen LogP contribution in [0.3, 0.4) is 0 Å². The molecule has 0 aliphatic carbocycles. The summed E-state index contributed by atoms with van der Waals surface area (Å²) in [6.07, 6.45) is -0.697. The van der Waals surface area contributed by atoms with Crippen molar-refractivity contribution in [1.29, 1.82) is 0 Å². The molecular weight excluding hydrogens is 436 g/mol. The first-order valence-corrected chi connectivity index (χ1v) is 11.7. The molecule has 2 N–H and O–H groups in total. The summed E-state index contributed by atoms with van der Waals surface area (Å²) in [5, 5.41) is 20.8. The maximum absolute atomic E-state index is 10.7. The fourth-order valence-electron chi connectivity index (χ4n) is 4.15. The van der Waals surface area contributed by atoms with E-state index >= 15 is 0 Å². The van der Waals surface area contributed by atoms with E-state index in [0.717, 1.165) is 33.6 Å². The molecule has 4 nitrogen and oxygen atoms in total. The molecule has 0 fully saturated rings. The van der Waals surface area contributed by atoms with Crippen LogP contribution >= 0.6 is 0 Å². The van der Waals surface area contributed by atoms with Crippen LogP contribution in [0.5, 0.6) is 17.2 Å². The summed E-state index contributed by atoms with van der Waals surface area (Å²) in [4.78, 5) is 0. The van der Waals surface area contributed by atoms with Gasteiger partial charge in [0.25, 0.3) is 0 Å². The fraction of sp³-hybridized carbons (Fsp3) is 0.226. The molecule has 35 heavy (non-hydrogen) atoms. The summed E-state index contributed by atoms with van der Waals surface area (Å²) >= 11 is 0. The van der Waals surface area contributed by atoms with Gasteiger partial charge in [0.2, 0.25) is 0 Å². The van der Waals surface area contributed by atoms with Gasteiger partial charge in [0, 0.05) is 11.0 Å². The van der Waals surface area contributed by atoms with E-state index in [-0.39, 0.29) is 12.0 Å². The van der Waals surface area contributed by atoms with Crippen LogP contribution in [-0.2, 0) is 12.0 Å². The van der Waals surface area contributed by atoms with E-state index in [2.05, 4.69) is 26.0 Å². The van der Waals surface area contributed by atoms with Crippen LogP contribution in [0.2, 0.25) is 0 Å². The van der Waals surface area contributed by atoms with Gasteiger partial charge in [0.15, 0.2) is 0 Å². The van der Waals surface area contributed by atoms with Gasteiger partial charge in [0.1, 0.15) is 23.4 Å². The number of hydrogen-bond acceptors (Lipinski definition) is 4. The first-order chi connectivity index (χ1) is 16.8. The van der Waals surface area contributed by atoms with Crippen LogP contribution in [0.25, 0.3) is 0 Å². The van der Waals surface area contributed by atoms with Gasteiger partial charge in [-0.2, -0.15) is 0 Å². The lowest BCUT2D eigenvalue weighted by Crippen LogP contribution is -2.19. The van der Waals surface area contributed by atoms with E-state index in [0.29, 0.717) is 17.1 Å². The summed E-state index contributed by atoms with van der Waals surface area (Å²) in [6.45, 7) is 6.20. The maximum Gasteiger partial charge on any atom is 0.132 e. The predicted molar refractivity (Wildman–Crippen MR) is 139 cm³/mol. The van der Waals surface area contributed by atoms with Crippen molar-refractivity contribution in [2.24, 2.45) is 0 Å². The number of benzene rings is 4. The third-order valence-electron chi connectivity index (χ3n) is 6.58. The zero-order valence-electron chi connectivity index (χ0n) is 20.7. The second-order valence-corrected chi connectivity index (χ2v) is 9.32. The zero-order chi connectivity index (χ0) is 25.0. The number of aryl methyl sites for hydroxylation is 1. The number of ether oxygens (including phenoxy) is 2. The molecule has 180 valence electrons. The molecule has 0 aliphatic rings. The minimum Gasteiger partial charge on any atom is -0.497 e. The molecule has 0 aromatic heterocycles. The van der Waals surface area contributed by atoms with Crippen molar-refractivity contribution in [3.8, 4) is 17.2 Å². The summed E-state index contributed by atoms with van der Waals surface area (Å²) in [6, 6.07) is 29.2. The van der Waals surface area contributed by atoms with E-state index in [9.17, 15) is 10.2 Å². The van der Waals surface area contributed by atoms with E-state index in [1.807, 2.05) is 85.8 Å². The molecule has 0 saturated heterocycles. The number of methoxy groups -OCH3 is 1. The van der Waals surface area contributed by atoms with E-state index < -0.39 is 6.10 Å². The molecule has 0 heterocycles. The highest BCUT2D eigenvalue weighted by Crippen LogP contribution is 2.36. The van der Waals surface area contributed by atoms with Gasteiger partial charge in [-0.3, -0.25) is 0 Å². The van der Waals surface area contributed by atoms with Gasteiger partial charge in [-0.15, -0.1) is 0 Å². The molecule has 0 bridgehead atoms. The Morgan fingerprint density at radius 1 is 0.743 bits per heavy atom. The molecule has 1 atom stereocenters. The second kappa shape index (κ2) is 10.3. The van der Waals surface area contributed by atoms with Gasteiger partial charge >= 0.3 is 0 Å². The average Bonchev–Trinajstić information content (AvgIpc) is 2.89. The Morgan fingerprint density at radius 3 is 1.86 bits per heavy atom. The lowest BCUT2D eigenvalue weighted by molar-refractivity contribution is 0.220. The van der Waals surface area contributed by atoms with Crippen LogP contribution in [0.1, 0.15) is 53.3 Å². The van der Waals surface area contributed by atoms with Crippen molar-refractivity contribution < 1.29 is 19.7 Å². The SMILES string of the molecule is COc1ccc(C(C)(C)c2ccc(Oc3ccc(C(O)c4ccc(C)cc4)cc3)c(CO)c2)cc1. The number of aliphatic hydroxyl groups is 2. The second-order valence-electron chi connectivity index (χ2n) is 9.32. The Kier molecular flexibility index (Phi) is 7.25. The van der Waals surface area contributed by atoms with Crippen LogP contribution in [0.15, 0.2) is 91.0 Å². The lowest BCUT2D eigenvalue weighted by Gasteiger charge is -2.27. The minimum absolute atomic E-state index is 0.133. The molecule has 0 aliphatic heterocycles. The highest BCUT2D eigenvalue weighted by molar-refractivity contribution is 5.47. The van der Waals surface area contributed by atoms with Crippen molar-refractivity contribution in [2.45, 2.75) is 38.9 Å². The van der Waals surface area contributed by atoms with Gasteiger partial charge in [-0.1, -0.05) is 74.0 Å². The van der Waals surface area contributed by atoms with Crippen molar-refractivity contribution in [2.75, 3.05) is 7.11 Å². The molecule has 1 unspecified atom stereocenters. The van der Waals surface area contributed by atoms with Gasteiger partial charge < -0.3 is 19.7 Å². The largest absolute Gasteiger partial charge is 0.497 e. The molecule has 4 heteroatoms. The van der Waals surface area contributed by atoms with Gasteiger partial charge in [-0.05, 0) is 65.6 Å². The van der Waals surface area contributed by atoms with Gasteiger partial charge in [0.05, 0.1) is 13.7 Å². The topological polar surface area (TPSA) is 58.9 Å². The zero-order valence-corrected chi connectivity index (χ0v) is 20.7. The average molecular weight is 469 g/mol. The van der Waals surface area contributed by atoms with Crippen molar-refractivity contribution in [1.82, 2.24) is 0 Å². The fourth-order valence-corrected chi connectivity index (χ4v) is 4.15. The Labute approximate surface area is 207 Å². The third kappa shape index (κ3) is 5.40. The molecule has 4 aromatic rings. The summed E-state index contributed by atoms with van der Waals surface area (Å²) in [5.74, 6) is 2.07. The van der Waals surface area contributed by atoms with Crippen molar-refractivity contribution in [3.63, 3.8) is 0 Å². The lowest BCUT2D eigenvalue weighted by atomic mass is 9.77. The number of aliphatic hydroxyl groups excluding tert-OH is 2. The van der Waals surface area contributed by atoms with Crippen LogP contribution < -0.4 is 9.47 Å². The minimum atomic E-state index is -0.697.